The van der Waals surface area contributed by atoms with E-state index in [0.29, 0.717) is 54.7 Å². The van der Waals surface area contributed by atoms with Gasteiger partial charge in [-0.1, -0.05) is 6.07 Å². The standard InChI is InChI=1S/C23H25N3O6S/c1-29-17-6-5-14(10-18(17)30-2)7-8-24-21(27)4-3-9-26-22(28)15-11-19-20(32-13-31-19)12-16(15)25-23(26)33/h5-6,10-12,15H,3-4,7-9,13H2,1-2H3,(H,24,27). The average molecular weight is 472 g/mol. The Morgan fingerprint density at radius 3 is 2.82 bits per heavy atom. The van der Waals surface area contributed by atoms with Crippen molar-refractivity contribution in [1.82, 2.24) is 10.2 Å². The van der Waals surface area contributed by atoms with Gasteiger partial charge in [-0.25, -0.2) is 4.99 Å². The lowest BCUT2D eigenvalue weighted by Crippen LogP contribution is -2.46. The van der Waals surface area contributed by atoms with Crippen LogP contribution in [0.2, 0.25) is 0 Å². The molecule has 10 heteroatoms. The quantitative estimate of drug-likeness (QED) is 0.551. The number of nitrogens with zero attached hydrogens (tertiary/aromatic N) is 2. The average Bonchev–Trinajstić information content (AvgIpc) is 3.27. The SMILES string of the molecule is COc1ccc(CCNC(=O)CCCN2C(=O)C3C=C4OCOC4=CC3=NC2=S)cc1OC. The topological polar surface area (TPSA) is 98.7 Å². The maximum absolute atomic E-state index is 12.9. The number of allylic oxidation sites excluding steroid dienone is 1. The summed E-state index contributed by atoms with van der Waals surface area (Å²) in [4.78, 5) is 31.0. The molecule has 0 spiro atoms. The third-order valence-corrected chi connectivity index (χ3v) is 5.86. The zero-order valence-electron chi connectivity index (χ0n) is 18.5. The van der Waals surface area contributed by atoms with E-state index in [2.05, 4.69) is 10.3 Å². The van der Waals surface area contributed by atoms with Gasteiger partial charge in [0.2, 0.25) is 23.7 Å². The largest absolute Gasteiger partial charge is 0.493 e. The van der Waals surface area contributed by atoms with E-state index in [-0.39, 0.29) is 30.1 Å². The second-order valence-electron chi connectivity index (χ2n) is 7.63. The van der Waals surface area contributed by atoms with Crippen LogP contribution in [0, 0.1) is 5.92 Å². The lowest BCUT2D eigenvalue weighted by atomic mass is 9.94. The van der Waals surface area contributed by atoms with Crippen molar-refractivity contribution in [2.75, 3.05) is 34.1 Å². The van der Waals surface area contributed by atoms with Crippen LogP contribution < -0.4 is 14.8 Å². The highest BCUT2D eigenvalue weighted by molar-refractivity contribution is 7.80. The summed E-state index contributed by atoms with van der Waals surface area (Å²) in [5.74, 6) is 1.63. The summed E-state index contributed by atoms with van der Waals surface area (Å²) in [5.41, 5.74) is 1.58. The zero-order chi connectivity index (χ0) is 23.4. The van der Waals surface area contributed by atoms with Crippen LogP contribution in [0.4, 0.5) is 0 Å². The number of nitrogens with one attached hydrogen (secondary N) is 1. The smallest absolute Gasteiger partial charge is 0.241 e. The zero-order valence-corrected chi connectivity index (χ0v) is 19.3. The number of carbonyl (C=O) groups excluding carboxylic acids is 2. The molecule has 33 heavy (non-hydrogen) atoms. The number of amides is 2. The minimum Gasteiger partial charge on any atom is -0.493 e. The fraction of sp³-hybridized carbons (Fsp3) is 0.391. The summed E-state index contributed by atoms with van der Waals surface area (Å²) in [6.07, 6.45) is 4.82. The molecule has 1 aromatic carbocycles. The van der Waals surface area contributed by atoms with Crippen LogP contribution in [-0.4, -0.2) is 61.6 Å². The molecule has 2 aliphatic heterocycles. The Balaban J connectivity index is 1.23. The van der Waals surface area contributed by atoms with E-state index < -0.39 is 5.92 Å². The summed E-state index contributed by atoms with van der Waals surface area (Å²) < 4.78 is 21.2. The van der Waals surface area contributed by atoms with E-state index in [1.54, 1.807) is 26.4 Å². The molecule has 9 nitrogen and oxygen atoms in total. The summed E-state index contributed by atoms with van der Waals surface area (Å²) in [7, 11) is 3.18. The maximum Gasteiger partial charge on any atom is 0.241 e. The van der Waals surface area contributed by atoms with Gasteiger partial charge in [0, 0.05) is 25.6 Å². The van der Waals surface area contributed by atoms with Gasteiger partial charge >= 0.3 is 0 Å². The number of hydrogen-bond acceptors (Lipinski definition) is 7. The molecule has 1 aliphatic carbocycles. The van der Waals surface area contributed by atoms with Gasteiger partial charge in [0.1, 0.15) is 5.92 Å². The minimum absolute atomic E-state index is 0.0843. The Morgan fingerprint density at radius 2 is 2.03 bits per heavy atom. The Bertz CT molecular complexity index is 1060. The van der Waals surface area contributed by atoms with Crippen LogP contribution in [0.15, 0.2) is 46.9 Å². The molecule has 4 rings (SSSR count). The Morgan fingerprint density at radius 1 is 1.24 bits per heavy atom. The van der Waals surface area contributed by atoms with Crippen molar-refractivity contribution in [3.8, 4) is 11.5 Å². The molecular weight excluding hydrogens is 446 g/mol. The van der Waals surface area contributed by atoms with Gasteiger partial charge in [0.15, 0.2) is 23.0 Å². The summed E-state index contributed by atoms with van der Waals surface area (Å²) in [6, 6.07) is 5.67. The number of thiocarbonyl (C=S) groups is 1. The van der Waals surface area contributed by atoms with Crippen molar-refractivity contribution in [2.45, 2.75) is 19.3 Å². The number of fused-ring (bicyclic) bond motifs is 2. The molecule has 0 saturated carbocycles. The first-order chi connectivity index (χ1) is 16.0. The lowest BCUT2D eigenvalue weighted by molar-refractivity contribution is -0.129. The van der Waals surface area contributed by atoms with Gasteiger partial charge in [0.05, 0.1) is 19.9 Å². The molecule has 0 aromatic heterocycles. The van der Waals surface area contributed by atoms with Crippen molar-refractivity contribution >= 4 is 34.9 Å². The van der Waals surface area contributed by atoms with E-state index in [1.807, 2.05) is 18.2 Å². The highest BCUT2D eigenvalue weighted by Crippen LogP contribution is 2.31. The van der Waals surface area contributed by atoms with Crippen molar-refractivity contribution < 1.29 is 28.5 Å². The van der Waals surface area contributed by atoms with E-state index >= 15 is 0 Å². The number of carbonyl (C=O) groups is 2. The Kier molecular flexibility index (Phi) is 6.93. The summed E-state index contributed by atoms with van der Waals surface area (Å²) >= 11 is 5.31. The summed E-state index contributed by atoms with van der Waals surface area (Å²) in [6.45, 7) is 0.946. The Hall–Kier alpha value is -3.40. The third-order valence-electron chi connectivity index (χ3n) is 5.54. The molecule has 3 aliphatic rings. The molecule has 1 saturated heterocycles. The van der Waals surface area contributed by atoms with E-state index in [0.717, 1.165) is 5.56 Å². The van der Waals surface area contributed by atoms with Gasteiger partial charge in [0.25, 0.3) is 0 Å². The first-order valence-corrected chi connectivity index (χ1v) is 11.0. The molecule has 1 N–H and O–H groups in total. The predicted molar refractivity (Wildman–Crippen MR) is 124 cm³/mol. The summed E-state index contributed by atoms with van der Waals surface area (Å²) in [5, 5.41) is 3.11. The molecule has 1 fully saturated rings. The molecule has 2 heterocycles. The fourth-order valence-corrected chi connectivity index (χ4v) is 4.10. The van der Waals surface area contributed by atoms with E-state index in [1.165, 1.54) is 4.90 Å². The number of benzene rings is 1. The molecule has 0 bridgehead atoms. The number of methoxy groups -OCH3 is 2. The van der Waals surface area contributed by atoms with Gasteiger partial charge in [-0.2, -0.15) is 0 Å². The van der Waals surface area contributed by atoms with Crippen LogP contribution >= 0.6 is 12.2 Å². The number of aliphatic imine (C=N–C) groups is 1. The molecular formula is C23H25N3O6S. The first kappa shape index (κ1) is 22.8. The second kappa shape index (κ2) is 10.0. The third kappa shape index (κ3) is 5.00. The fourth-order valence-electron chi connectivity index (χ4n) is 3.81. The van der Waals surface area contributed by atoms with E-state index in [4.69, 9.17) is 31.2 Å². The minimum atomic E-state index is -0.549. The molecule has 1 unspecified atom stereocenters. The number of hydrogen-bond donors (Lipinski definition) is 1. The monoisotopic (exact) mass is 471 g/mol. The molecule has 1 aromatic rings. The van der Waals surface area contributed by atoms with Gasteiger partial charge in [-0.3, -0.25) is 14.5 Å². The van der Waals surface area contributed by atoms with Crippen molar-refractivity contribution in [1.29, 1.82) is 0 Å². The predicted octanol–water partition coefficient (Wildman–Crippen LogP) is 2.11. The molecule has 0 radical (unpaired) electrons. The normalized spacial score (nSPS) is 18.8. The van der Waals surface area contributed by atoms with Gasteiger partial charge < -0.3 is 24.3 Å². The number of ether oxygens (including phenoxy) is 4. The van der Waals surface area contributed by atoms with Crippen LogP contribution in [-0.2, 0) is 25.5 Å². The second-order valence-corrected chi connectivity index (χ2v) is 7.99. The van der Waals surface area contributed by atoms with Gasteiger partial charge in [-0.05, 0) is 48.8 Å². The van der Waals surface area contributed by atoms with Crippen molar-refractivity contribution in [2.24, 2.45) is 10.9 Å². The molecule has 2 amide bonds. The highest BCUT2D eigenvalue weighted by Gasteiger charge is 2.38. The molecule has 1 atom stereocenters. The first-order valence-electron chi connectivity index (χ1n) is 10.6. The van der Waals surface area contributed by atoms with Gasteiger partial charge in [-0.15, -0.1) is 0 Å². The lowest BCUT2D eigenvalue weighted by Gasteiger charge is -2.30. The number of rotatable bonds is 9. The van der Waals surface area contributed by atoms with Crippen molar-refractivity contribution in [3.63, 3.8) is 0 Å². The highest BCUT2D eigenvalue weighted by atomic mass is 32.1. The maximum atomic E-state index is 12.9. The van der Waals surface area contributed by atoms with Crippen molar-refractivity contribution in [3.05, 3.63) is 47.4 Å². The van der Waals surface area contributed by atoms with E-state index in [9.17, 15) is 9.59 Å². The van der Waals surface area contributed by atoms with Crippen LogP contribution in [0.5, 0.6) is 11.5 Å². The molecule has 174 valence electrons. The van der Waals surface area contributed by atoms with Crippen LogP contribution in [0.1, 0.15) is 18.4 Å². The van der Waals surface area contributed by atoms with Crippen LogP contribution in [0.25, 0.3) is 0 Å². The van der Waals surface area contributed by atoms with Crippen LogP contribution in [0.3, 0.4) is 0 Å². The Labute approximate surface area is 197 Å².